The molecule has 0 aliphatic rings. The maximum absolute atomic E-state index is 12.4. The summed E-state index contributed by atoms with van der Waals surface area (Å²) in [7, 11) is 0. The fourth-order valence-electron chi connectivity index (χ4n) is 2.68. The Bertz CT molecular complexity index is 1130. The van der Waals surface area contributed by atoms with E-state index in [1.807, 2.05) is 24.3 Å². The van der Waals surface area contributed by atoms with Crippen molar-refractivity contribution >= 4 is 57.2 Å². The molecular weight excluding hydrogens is 413 g/mol. The summed E-state index contributed by atoms with van der Waals surface area (Å²) in [4.78, 5) is 24.5. The molecule has 0 aromatic heterocycles. The molecule has 3 aromatic carbocycles. The van der Waals surface area contributed by atoms with Crippen molar-refractivity contribution in [2.75, 3.05) is 5.32 Å². The predicted octanol–water partition coefficient (Wildman–Crippen LogP) is 4.99. The zero-order valence-corrected chi connectivity index (χ0v) is 16.9. The largest absolute Gasteiger partial charge is 0.507 e. The predicted molar refractivity (Wildman–Crippen MR) is 116 cm³/mol. The van der Waals surface area contributed by atoms with E-state index in [1.54, 1.807) is 31.2 Å². The van der Waals surface area contributed by atoms with Crippen molar-refractivity contribution in [1.82, 2.24) is 5.43 Å². The van der Waals surface area contributed by atoms with Crippen molar-refractivity contribution < 1.29 is 14.7 Å². The molecule has 0 fully saturated rings. The van der Waals surface area contributed by atoms with Crippen LogP contribution in [0.4, 0.5) is 5.69 Å². The third-order valence-corrected chi connectivity index (χ3v) is 4.92. The third-order valence-electron chi connectivity index (χ3n) is 4.10. The van der Waals surface area contributed by atoms with Crippen molar-refractivity contribution in [2.24, 2.45) is 5.10 Å². The summed E-state index contributed by atoms with van der Waals surface area (Å²) in [6, 6.07) is 15.4. The summed E-state index contributed by atoms with van der Waals surface area (Å²) < 4.78 is 0. The molecular formula is C21H17Cl2N3O3. The molecule has 0 atom stereocenters. The van der Waals surface area contributed by atoms with E-state index in [0.29, 0.717) is 16.4 Å². The number of phenols is 1. The normalized spacial score (nSPS) is 11.3. The SMILES string of the molecule is C/C(CC(=O)Nc1cccc(Cl)c1Cl)=N\NC(=O)c1cc2ccccc2cc1O. The molecule has 3 aromatic rings. The van der Waals surface area contributed by atoms with Gasteiger partial charge in [0.15, 0.2) is 0 Å². The Morgan fingerprint density at radius 1 is 1.03 bits per heavy atom. The van der Waals surface area contributed by atoms with Crippen molar-refractivity contribution in [3.63, 3.8) is 0 Å². The lowest BCUT2D eigenvalue weighted by Gasteiger charge is -2.09. The fourth-order valence-corrected chi connectivity index (χ4v) is 3.03. The Kier molecular flexibility index (Phi) is 6.36. The number of hydrazone groups is 1. The molecule has 0 saturated carbocycles. The number of carbonyl (C=O) groups is 2. The molecule has 2 amide bonds. The molecule has 0 heterocycles. The van der Waals surface area contributed by atoms with Crippen LogP contribution in [0, 0.1) is 0 Å². The highest BCUT2D eigenvalue weighted by molar-refractivity contribution is 6.44. The lowest BCUT2D eigenvalue weighted by atomic mass is 10.1. The topological polar surface area (TPSA) is 90.8 Å². The molecule has 0 spiro atoms. The first-order valence-corrected chi connectivity index (χ1v) is 9.40. The van der Waals surface area contributed by atoms with Crippen LogP contribution < -0.4 is 10.7 Å². The highest BCUT2D eigenvalue weighted by atomic mass is 35.5. The number of nitrogens with zero attached hydrogens (tertiary/aromatic N) is 1. The number of carbonyl (C=O) groups excluding carboxylic acids is 2. The number of anilines is 1. The Morgan fingerprint density at radius 3 is 2.45 bits per heavy atom. The molecule has 0 saturated heterocycles. The summed E-state index contributed by atoms with van der Waals surface area (Å²) in [5.41, 5.74) is 3.21. The van der Waals surface area contributed by atoms with Crippen LogP contribution in [-0.4, -0.2) is 22.6 Å². The first kappa shape index (κ1) is 20.6. The number of aromatic hydroxyl groups is 1. The van der Waals surface area contributed by atoms with Crippen LogP contribution in [0.1, 0.15) is 23.7 Å². The van der Waals surface area contributed by atoms with E-state index in [4.69, 9.17) is 23.2 Å². The molecule has 148 valence electrons. The van der Waals surface area contributed by atoms with Gasteiger partial charge >= 0.3 is 0 Å². The van der Waals surface area contributed by atoms with Gasteiger partial charge in [-0.25, -0.2) is 5.43 Å². The van der Waals surface area contributed by atoms with Gasteiger partial charge in [0.05, 0.1) is 27.7 Å². The van der Waals surface area contributed by atoms with Crippen LogP contribution in [0.5, 0.6) is 5.75 Å². The lowest BCUT2D eigenvalue weighted by molar-refractivity contribution is -0.115. The van der Waals surface area contributed by atoms with Gasteiger partial charge in [0.25, 0.3) is 5.91 Å². The van der Waals surface area contributed by atoms with Crippen molar-refractivity contribution in [3.05, 3.63) is 70.2 Å². The van der Waals surface area contributed by atoms with E-state index < -0.39 is 5.91 Å². The van der Waals surface area contributed by atoms with Gasteiger partial charge in [-0.1, -0.05) is 53.5 Å². The highest BCUT2D eigenvalue weighted by Gasteiger charge is 2.13. The molecule has 3 N–H and O–H groups in total. The molecule has 0 bridgehead atoms. The summed E-state index contributed by atoms with van der Waals surface area (Å²) in [6.45, 7) is 1.60. The molecule has 6 nitrogen and oxygen atoms in total. The number of hydrogen-bond acceptors (Lipinski definition) is 4. The highest BCUT2D eigenvalue weighted by Crippen LogP contribution is 2.29. The van der Waals surface area contributed by atoms with Crippen molar-refractivity contribution in [3.8, 4) is 5.75 Å². The third kappa shape index (κ3) is 5.04. The van der Waals surface area contributed by atoms with Gasteiger partial charge in [0, 0.05) is 5.71 Å². The average molecular weight is 430 g/mol. The standard InChI is InChI=1S/C21H17Cl2N3O3/c1-12(9-19(28)24-17-8-4-7-16(22)20(17)23)25-26-21(29)15-10-13-5-2-3-6-14(13)11-18(15)27/h2-8,10-11,27H,9H2,1H3,(H,24,28)(H,26,29)/b25-12+. The van der Waals surface area contributed by atoms with E-state index in [1.165, 1.54) is 6.07 Å². The summed E-state index contributed by atoms with van der Waals surface area (Å²) in [5, 5.41) is 18.9. The Balaban J connectivity index is 1.65. The van der Waals surface area contributed by atoms with Crippen LogP contribution >= 0.6 is 23.2 Å². The number of phenolic OH excluding ortho intramolecular Hbond substituents is 1. The number of amides is 2. The zero-order valence-electron chi connectivity index (χ0n) is 15.4. The first-order valence-electron chi connectivity index (χ1n) is 8.64. The zero-order chi connectivity index (χ0) is 21.0. The average Bonchev–Trinajstić information content (AvgIpc) is 2.69. The summed E-state index contributed by atoms with van der Waals surface area (Å²) >= 11 is 12.0. The second kappa shape index (κ2) is 8.94. The van der Waals surface area contributed by atoms with Crippen LogP contribution in [-0.2, 0) is 4.79 Å². The van der Waals surface area contributed by atoms with Crippen LogP contribution in [0.15, 0.2) is 59.7 Å². The molecule has 0 unspecified atom stereocenters. The Labute approximate surface area is 177 Å². The minimum atomic E-state index is -0.578. The van der Waals surface area contributed by atoms with Crippen molar-refractivity contribution in [1.29, 1.82) is 0 Å². The molecule has 3 rings (SSSR count). The van der Waals surface area contributed by atoms with Crippen LogP contribution in [0.3, 0.4) is 0 Å². The number of rotatable bonds is 5. The van der Waals surface area contributed by atoms with E-state index >= 15 is 0 Å². The van der Waals surface area contributed by atoms with Crippen molar-refractivity contribution in [2.45, 2.75) is 13.3 Å². The van der Waals surface area contributed by atoms with E-state index in [0.717, 1.165) is 10.8 Å². The van der Waals surface area contributed by atoms with E-state index in [9.17, 15) is 14.7 Å². The molecule has 29 heavy (non-hydrogen) atoms. The number of benzene rings is 3. The van der Waals surface area contributed by atoms with E-state index in [-0.39, 0.29) is 28.7 Å². The Hall–Kier alpha value is -3.09. The van der Waals surface area contributed by atoms with Gasteiger partial charge in [-0.15, -0.1) is 0 Å². The Morgan fingerprint density at radius 2 is 1.72 bits per heavy atom. The number of halogens is 2. The van der Waals surface area contributed by atoms with Gasteiger partial charge in [-0.3, -0.25) is 9.59 Å². The monoisotopic (exact) mass is 429 g/mol. The van der Waals surface area contributed by atoms with E-state index in [2.05, 4.69) is 15.8 Å². The van der Waals surface area contributed by atoms with Gasteiger partial charge < -0.3 is 10.4 Å². The molecule has 8 heteroatoms. The second-order valence-corrected chi connectivity index (χ2v) is 7.12. The second-order valence-electron chi connectivity index (χ2n) is 6.33. The molecule has 0 radical (unpaired) electrons. The van der Waals surface area contributed by atoms with Gasteiger partial charge in [0.2, 0.25) is 5.91 Å². The smallest absolute Gasteiger partial charge is 0.275 e. The van der Waals surface area contributed by atoms with Gasteiger partial charge in [-0.05, 0) is 42.0 Å². The minimum absolute atomic E-state index is 0.0627. The maximum Gasteiger partial charge on any atom is 0.275 e. The molecule has 0 aliphatic heterocycles. The number of hydrogen-bond donors (Lipinski definition) is 3. The summed E-state index contributed by atoms with van der Waals surface area (Å²) in [6.07, 6.45) is -0.0627. The van der Waals surface area contributed by atoms with Gasteiger partial charge in [-0.2, -0.15) is 5.10 Å². The van der Waals surface area contributed by atoms with Crippen LogP contribution in [0.2, 0.25) is 10.0 Å². The fraction of sp³-hybridized carbons (Fsp3) is 0.0952. The summed E-state index contributed by atoms with van der Waals surface area (Å²) in [5.74, 6) is -1.09. The lowest BCUT2D eigenvalue weighted by Crippen LogP contribution is -2.21. The molecule has 0 aliphatic carbocycles. The number of fused-ring (bicyclic) bond motifs is 1. The minimum Gasteiger partial charge on any atom is -0.507 e. The quantitative estimate of drug-likeness (QED) is 0.394. The van der Waals surface area contributed by atoms with Gasteiger partial charge in [0.1, 0.15) is 5.75 Å². The van der Waals surface area contributed by atoms with Crippen LogP contribution in [0.25, 0.3) is 10.8 Å². The maximum atomic E-state index is 12.4. The number of nitrogens with one attached hydrogen (secondary N) is 2. The first-order chi connectivity index (χ1) is 13.8.